The first-order valence-corrected chi connectivity index (χ1v) is 10.5. The summed E-state index contributed by atoms with van der Waals surface area (Å²) in [6, 6.07) is 6.65. The number of anilines is 1. The third-order valence-electron chi connectivity index (χ3n) is 3.71. The smallest absolute Gasteiger partial charge is 0.263 e. The van der Waals surface area contributed by atoms with E-state index in [0.29, 0.717) is 31.1 Å². The van der Waals surface area contributed by atoms with E-state index in [1.807, 2.05) is 19.2 Å². The third kappa shape index (κ3) is 3.91. The monoisotopic (exact) mass is 427 g/mol. The molecule has 0 saturated heterocycles. The minimum absolute atomic E-state index is 0.145. The Morgan fingerprint density at radius 2 is 2.12 bits per heavy atom. The number of amides is 1. The van der Waals surface area contributed by atoms with Crippen molar-refractivity contribution in [3.63, 3.8) is 0 Å². The van der Waals surface area contributed by atoms with Crippen LogP contribution in [0.1, 0.15) is 11.8 Å². The predicted molar refractivity (Wildman–Crippen MR) is 110 cm³/mol. The molecule has 1 amide bonds. The van der Waals surface area contributed by atoms with E-state index in [-0.39, 0.29) is 18.0 Å². The summed E-state index contributed by atoms with van der Waals surface area (Å²) in [7, 11) is 0. The van der Waals surface area contributed by atoms with Gasteiger partial charge in [-0.3, -0.25) is 14.2 Å². The predicted octanol–water partition coefficient (Wildman–Crippen LogP) is 4.69. The Kier molecular flexibility index (Phi) is 5.92. The molecule has 1 aromatic carbocycles. The molecule has 0 unspecified atom stereocenters. The van der Waals surface area contributed by atoms with Crippen LogP contribution in [0.4, 0.5) is 5.69 Å². The Morgan fingerprint density at radius 3 is 2.77 bits per heavy atom. The van der Waals surface area contributed by atoms with Gasteiger partial charge in [0.2, 0.25) is 5.91 Å². The number of aromatic nitrogens is 2. The molecule has 9 heteroatoms. The molecule has 2 aromatic heterocycles. The largest absolute Gasteiger partial charge is 0.323 e. The summed E-state index contributed by atoms with van der Waals surface area (Å²) < 4.78 is 1.39. The Labute approximate surface area is 168 Å². The van der Waals surface area contributed by atoms with Crippen LogP contribution < -0.4 is 10.9 Å². The van der Waals surface area contributed by atoms with Crippen molar-refractivity contribution < 1.29 is 4.79 Å². The number of thiophene rings is 1. The van der Waals surface area contributed by atoms with E-state index in [2.05, 4.69) is 10.3 Å². The molecule has 26 heavy (non-hydrogen) atoms. The van der Waals surface area contributed by atoms with Gasteiger partial charge in [-0.25, -0.2) is 4.98 Å². The molecule has 0 spiro atoms. The lowest BCUT2D eigenvalue weighted by atomic mass is 10.3. The normalized spacial score (nSPS) is 11.1. The van der Waals surface area contributed by atoms with E-state index < -0.39 is 0 Å². The second-order valence-corrected chi connectivity index (χ2v) is 8.18. The van der Waals surface area contributed by atoms with Crippen LogP contribution in [0.15, 0.2) is 34.2 Å². The Morgan fingerprint density at radius 1 is 1.35 bits per heavy atom. The molecule has 0 radical (unpaired) electrons. The van der Waals surface area contributed by atoms with E-state index in [4.69, 9.17) is 23.2 Å². The van der Waals surface area contributed by atoms with Crippen LogP contribution in [-0.2, 0) is 17.8 Å². The Bertz CT molecular complexity index is 1050. The van der Waals surface area contributed by atoms with Gasteiger partial charge in [0.25, 0.3) is 5.56 Å². The first-order valence-electron chi connectivity index (χ1n) is 7.75. The molecule has 0 saturated carbocycles. The molecule has 0 aliphatic heterocycles. The molecule has 0 bridgehead atoms. The van der Waals surface area contributed by atoms with Gasteiger partial charge in [0.15, 0.2) is 5.16 Å². The molecular weight excluding hydrogens is 413 g/mol. The van der Waals surface area contributed by atoms with Gasteiger partial charge in [-0.15, -0.1) is 11.3 Å². The fourth-order valence-electron chi connectivity index (χ4n) is 2.44. The van der Waals surface area contributed by atoms with Crippen molar-refractivity contribution in [3.05, 3.63) is 49.5 Å². The summed E-state index contributed by atoms with van der Waals surface area (Å²) in [6.07, 6.45) is 2.66. The highest BCUT2D eigenvalue weighted by atomic mass is 35.5. The van der Waals surface area contributed by atoms with Crippen molar-refractivity contribution >= 4 is 68.1 Å². The zero-order valence-electron chi connectivity index (χ0n) is 14.0. The van der Waals surface area contributed by atoms with Crippen LogP contribution >= 0.6 is 46.3 Å². The van der Waals surface area contributed by atoms with Crippen LogP contribution in [0, 0.1) is 0 Å². The number of hydrogen-bond acceptors (Lipinski definition) is 5. The maximum absolute atomic E-state index is 12.8. The van der Waals surface area contributed by atoms with Crippen molar-refractivity contribution in [2.45, 2.75) is 25.0 Å². The summed E-state index contributed by atoms with van der Waals surface area (Å²) in [6.45, 7) is 1.89. The summed E-state index contributed by atoms with van der Waals surface area (Å²) >= 11 is 14.8. The van der Waals surface area contributed by atoms with Gasteiger partial charge in [-0.2, -0.15) is 0 Å². The number of fused-ring (bicyclic) bond motifs is 1. The van der Waals surface area contributed by atoms with E-state index >= 15 is 0 Å². The van der Waals surface area contributed by atoms with Crippen molar-refractivity contribution in [2.24, 2.45) is 0 Å². The SMILES string of the molecule is CCc1cc2c(=O)n(CC(=O)Nc3ccc(Cl)cc3Cl)c(SC)nc2s1. The van der Waals surface area contributed by atoms with E-state index in [1.54, 1.807) is 18.2 Å². The molecule has 3 aromatic rings. The van der Waals surface area contributed by atoms with Gasteiger partial charge >= 0.3 is 0 Å². The van der Waals surface area contributed by atoms with Crippen LogP contribution in [0.5, 0.6) is 0 Å². The minimum atomic E-state index is -0.362. The number of carbonyl (C=O) groups is 1. The quantitative estimate of drug-likeness (QED) is 0.473. The number of thioether (sulfide) groups is 1. The molecular formula is C17H15Cl2N3O2S2. The average molecular weight is 428 g/mol. The summed E-state index contributed by atoms with van der Waals surface area (Å²) in [5.41, 5.74) is 0.227. The molecule has 5 nitrogen and oxygen atoms in total. The first kappa shape index (κ1) is 19.2. The Balaban J connectivity index is 1.93. The second-order valence-electron chi connectivity index (χ2n) is 5.45. The minimum Gasteiger partial charge on any atom is -0.323 e. The Hall–Kier alpha value is -1.54. The van der Waals surface area contributed by atoms with Gasteiger partial charge in [0, 0.05) is 9.90 Å². The number of benzene rings is 1. The van der Waals surface area contributed by atoms with Crippen molar-refractivity contribution in [3.8, 4) is 0 Å². The lowest BCUT2D eigenvalue weighted by Gasteiger charge is -2.11. The maximum Gasteiger partial charge on any atom is 0.263 e. The van der Waals surface area contributed by atoms with Crippen LogP contribution in [0.2, 0.25) is 10.0 Å². The number of halogens is 2. The summed E-state index contributed by atoms with van der Waals surface area (Å²) in [5, 5.41) is 4.57. The van der Waals surface area contributed by atoms with Gasteiger partial charge in [0.05, 0.1) is 16.1 Å². The van der Waals surface area contributed by atoms with Gasteiger partial charge < -0.3 is 5.32 Å². The lowest BCUT2D eigenvalue weighted by Crippen LogP contribution is -2.29. The van der Waals surface area contributed by atoms with E-state index in [1.165, 1.54) is 27.7 Å². The molecule has 0 atom stereocenters. The van der Waals surface area contributed by atoms with Gasteiger partial charge in [0.1, 0.15) is 11.4 Å². The molecule has 1 N–H and O–H groups in total. The fraction of sp³-hybridized carbons (Fsp3) is 0.235. The van der Waals surface area contributed by atoms with Crippen LogP contribution in [0.3, 0.4) is 0 Å². The summed E-state index contributed by atoms with van der Waals surface area (Å²) in [4.78, 5) is 31.6. The number of rotatable bonds is 5. The highest BCUT2D eigenvalue weighted by Crippen LogP contribution is 2.26. The number of carbonyl (C=O) groups excluding carboxylic acids is 1. The molecule has 0 fully saturated rings. The molecule has 2 heterocycles. The zero-order valence-corrected chi connectivity index (χ0v) is 17.2. The number of nitrogens with zero attached hydrogens (tertiary/aromatic N) is 2. The lowest BCUT2D eigenvalue weighted by molar-refractivity contribution is -0.116. The van der Waals surface area contributed by atoms with Crippen molar-refractivity contribution in [1.29, 1.82) is 0 Å². The number of hydrogen-bond donors (Lipinski definition) is 1. The average Bonchev–Trinajstić information content (AvgIpc) is 3.03. The highest BCUT2D eigenvalue weighted by Gasteiger charge is 2.16. The van der Waals surface area contributed by atoms with Crippen molar-refractivity contribution in [1.82, 2.24) is 9.55 Å². The maximum atomic E-state index is 12.8. The van der Waals surface area contributed by atoms with E-state index in [9.17, 15) is 9.59 Å². The fourth-order valence-corrected chi connectivity index (χ4v) is 4.46. The summed E-state index contributed by atoms with van der Waals surface area (Å²) in [5.74, 6) is -0.362. The van der Waals surface area contributed by atoms with E-state index in [0.717, 1.165) is 11.3 Å². The van der Waals surface area contributed by atoms with Crippen LogP contribution in [-0.4, -0.2) is 21.7 Å². The van der Waals surface area contributed by atoms with Gasteiger partial charge in [-0.1, -0.05) is 41.9 Å². The topological polar surface area (TPSA) is 64.0 Å². The first-order chi connectivity index (χ1) is 12.4. The molecule has 0 aliphatic rings. The molecule has 3 rings (SSSR count). The molecule has 136 valence electrons. The standard InChI is InChI=1S/C17H15Cl2N3O2S2/c1-3-10-7-11-15(26-10)21-17(25-2)22(16(11)24)8-14(23)20-13-5-4-9(18)6-12(13)19/h4-7H,3,8H2,1-2H3,(H,20,23). The zero-order chi connectivity index (χ0) is 18.8. The third-order valence-corrected chi connectivity index (χ3v) is 6.10. The number of nitrogens with one attached hydrogen (secondary N) is 1. The second kappa shape index (κ2) is 8.00. The number of aryl methyl sites for hydroxylation is 1. The molecule has 0 aliphatic carbocycles. The highest BCUT2D eigenvalue weighted by molar-refractivity contribution is 7.98. The van der Waals surface area contributed by atoms with Crippen molar-refractivity contribution in [2.75, 3.05) is 11.6 Å². The van der Waals surface area contributed by atoms with Crippen LogP contribution in [0.25, 0.3) is 10.2 Å². The van der Waals surface area contributed by atoms with Gasteiger partial charge in [-0.05, 0) is 36.9 Å².